The highest BCUT2D eigenvalue weighted by Gasteiger charge is 2.32. The van der Waals surface area contributed by atoms with E-state index in [0.29, 0.717) is 0 Å². The average Bonchev–Trinajstić information content (AvgIpc) is 2.42. The molecular weight excluding hydrogens is 289 g/mol. The molecule has 0 unspecified atom stereocenters. The first-order valence-corrected chi connectivity index (χ1v) is 6.17. The number of rotatable bonds is 6. The lowest BCUT2D eigenvalue weighted by molar-refractivity contribution is -0.137. The number of carbonyl (C=O) groups excluding carboxylic acids is 1. The number of nitrogen functional groups attached to an aromatic ring is 1. The molecule has 21 heavy (non-hydrogen) atoms. The fourth-order valence-electron chi connectivity index (χ4n) is 1.73. The number of benzene rings is 1. The van der Waals surface area contributed by atoms with Gasteiger partial charge in [0, 0.05) is 25.9 Å². The minimum atomic E-state index is -4.56. The third-order valence-electron chi connectivity index (χ3n) is 2.83. The first kappa shape index (κ1) is 17.3. The predicted octanol–water partition coefficient (Wildman–Crippen LogP) is 1.37. The quantitative estimate of drug-likeness (QED) is 0.778. The van der Waals surface area contributed by atoms with E-state index in [1.807, 2.05) is 0 Å². The Balaban J connectivity index is 3.08. The number of hydrogen-bond acceptors (Lipinski definition) is 4. The Hall–Kier alpha value is -1.80. The standard InChI is InChI=1S/C13H17F3N2O3/c1-21-7-5-18(4-6-19)12(20)10-8-9(13(14,15)16)2-3-11(10)17/h2-3,8,19H,4-7,17H2,1H3. The number of nitrogens with zero attached hydrogens (tertiary/aromatic N) is 1. The number of carbonyl (C=O) groups is 1. The van der Waals surface area contributed by atoms with Gasteiger partial charge in [0.05, 0.1) is 24.3 Å². The number of ether oxygens (including phenoxy) is 1. The van der Waals surface area contributed by atoms with E-state index in [9.17, 15) is 18.0 Å². The Morgan fingerprint density at radius 3 is 2.57 bits per heavy atom. The van der Waals surface area contributed by atoms with Gasteiger partial charge in [0.2, 0.25) is 0 Å². The van der Waals surface area contributed by atoms with Crippen molar-refractivity contribution in [3.8, 4) is 0 Å². The van der Waals surface area contributed by atoms with Crippen molar-refractivity contribution in [2.75, 3.05) is 39.1 Å². The number of halogens is 3. The van der Waals surface area contributed by atoms with Gasteiger partial charge in [-0.05, 0) is 18.2 Å². The second kappa shape index (κ2) is 7.28. The summed E-state index contributed by atoms with van der Waals surface area (Å²) in [4.78, 5) is 13.4. The minimum absolute atomic E-state index is 0.0160. The Bertz CT molecular complexity index is 492. The number of aliphatic hydroxyl groups is 1. The van der Waals surface area contributed by atoms with E-state index in [1.165, 1.54) is 12.0 Å². The summed E-state index contributed by atoms with van der Waals surface area (Å²) in [6.07, 6.45) is -4.56. The molecule has 8 heteroatoms. The smallest absolute Gasteiger partial charge is 0.398 e. The first-order chi connectivity index (χ1) is 9.81. The van der Waals surface area contributed by atoms with Crippen molar-refractivity contribution in [3.05, 3.63) is 29.3 Å². The third-order valence-corrected chi connectivity index (χ3v) is 2.83. The lowest BCUT2D eigenvalue weighted by Gasteiger charge is -2.22. The topological polar surface area (TPSA) is 75.8 Å². The number of hydrogen-bond donors (Lipinski definition) is 2. The Morgan fingerprint density at radius 1 is 1.38 bits per heavy atom. The Labute approximate surface area is 120 Å². The number of anilines is 1. The maximum Gasteiger partial charge on any atom is 0.416 e. The van der Waals surface area contributed by atoms with Gasteiger partial charge in [0.15, 0.2) is 0 Å². The second-order valence-electron chi connectivity index (χ2n) is 4.31. The lowest BCUT2D eigenvalue weighted by atomic mass is 10.1. The van der Waals surface area contributed by atoms with Crippen molar-refractivity contribution in [1.29, 1.82) is 0 Å². The fraction of sp³-hybridized carbons (Fsp3) is 0.462. The summed E-state index contributed by atoms with van der Waals surface area (Å²) in [5.74, 6) is -0.676. The molecule has 118 valence electrons. The summed E-state index contributed by atoms with van der Waals surface area (Å²) in [6, 6.07) is 2.58. The zero-order valence-electron chi connectivity index (χ0n) is 11.5. The van der Waals surface area contributed by atoms with Crippen LogP contribution in [0.2, 0.25) is 0 Å². The molecule has 0 heterocycles. The van der Waals surface area contributed by atoms with Crippen LogP contribution >= 0.6 is 0 Å². The van der Waals surface area contributed by atoms with E-state index < -0.39 is 17.6 Å². The molecule has 1 amide bonds. The van der Waals surface area contributed by atoms with E-state index in [4.69, 9.17) is 15.6 Å². The summed E-state index contributed by atoms with van der Waals surface area (Å²) < 4.78 is 42.9. The van der Waals surface area contributed by atoms with E-state index in [-0.39, 0.29) is 37.6 Å². The van der Waals surface area contributed by atoms with Crippen LogP contribution in [-0.2, 0) is 10.9 Å². The molecule has 0 saturated heterocycles. The van der Waals surface area contributed by atoms with Gasteiger partial charge in [-0.25, -0.2) is 0 Å². The highest BCUT2D eigenvalue weighted by molar-refractivity contribution is 5.99. The predicted molar refractivity (Wildman–Crippen MR) is 70.7 cm³/mol. The summed E-state index contributed by atoms with van der Waals surface area (Å²) in [6.45, 7) is 0.0163. The molecule has 0 radical (unpaired) electrons. The molecule has 0 aliphatic heterocycles. The minimum Gasteiger partial charge on any atom is -0.398 e. The molecule has 1 aromatic carbocycles. The zero-order valence-corrected chi connectivity index (χ0v) is 11.5. The lowest BCUT2D eigenvalue weighted by Crippen LogP contribution is -2.36. The highest BCUT2D eigenvalue weighted by atomic mass is 19.4. The SMILES string of the molecule is COCCN(CCO)C(=O)c1cc(C(F)(F)F)ccc1N. The third kappa shape index (κ3) is 4.61. The molecule has 0 aliphatic carbocycles. The van der Waals surface area contributed by atoms with Gasteiger partial charge in [-0.15, -0.1) is 0 Å². The maximum atomic E-state index is 12.7. The van der Waals surface area contributed by atoms with Crippen LogP contribution in [0, 0.1) is 0 Å². The summed E-state index contributed by atoms with van der Waals surface area (Å²) in [5.41, 5.74) is 4.35. The number of alkyl halides is 3. The second-order valence-corrected chi connectivity index (χ2v) is 4.31. The summed E-state index contributed by atoms with van der Waals surface area (Å²) >= 11 is 0. The van der Waals surface area contributed by atoms with E-state index in [2.05, 4.69) is 0 Å². The molecule has 3 N–H and O–H groups in total. The van der Waals surface area contributed by atoms with Crippen LogP contribution in [0.1, 0.15) is 15.9 Å². The van der Waals surface area contributed by atoms with Crippen LogP contribution in [0.5, 0.6) is 0 Å². The molecule has 0 atom stereocenters. The number of methoxy groups -OCH3 is 1. The van der Waals surface area contributed by atoms with Gasteiger partial charge in [-0.3, -0.25) is 4.79 Å². The van der Waals surface area contributed by atoms with Crippen LogP contribution in [0.4, 0.5) is 18.9 Å². The molecule has 0 fully saturated rings. The van der Waals surface area contributed by atoms with Gasteiger partial charge in [0.25, 0.3) is 5.91 Å². The van der Waals surface area contributed by atoms with Crippen LogP contribution < -0.4 is 5.73 Å². The van der Waals surface area contributed by atoms with Gasteiger partial charge < -0.3 is 20.5 Å². The molecule has 5 nitrogen and oxygen atoms in total. The molecule has 1 aromatic rings. The van der Waals surface area contributed by atoms with Crippen molar-refractivity contribution in [2.45, 2.75) is 6.18 Å². The number of aliphatic hydroxyl groups excluding tert-OH is 1. The van der Waals surface area contributed by atoms with E-state index in [1.54, 1.807) is 0 Å². The van der Waals surface area contributed by atoms with Gasteiger partial charge in [0.1, 0.15) is 0 Å². The molecular formula is C13H17F3N2O3. The highest BCUT2D eigenvalue weighted by Crippen LogP contribution is 2.31. The molecule has 0 bridgehead atoms. The van der Waals surface area contributed by atoms with Crippen LogP contribution in [0.3, 0.4) is 0 Å². The monoisotopic (exact) mass is 306 g/mol. The fourth-order valence-corrected chi connectivity index (χ4v) is 1.73. The normalized spacial score (nSPS) is 11.5. The van der Waals surface area contributed by atoms with Crippen molar-refractivity contribution in [1.82, 2.24) is 4.90 Å². The zero-order chi connectivity index (χ0) is 16.0. The molecule has 1 rings (SSSR count). The average molecular weight is 306 g/mol. The van der Waals surface area contributed by atoms with Gasteiger partial charge >= 0.3 is 6.18 Å². The van der Waals surface area contributed by atoms with Crippen LogP contribution in [0.25, 0.3) is 0 Å². The Kier molecular flexibility index (Phi) is 5.98. The summed E-state index contributed by atoms with van der Waals surface area (Å²) in [5, 5.41) is 8.94. The van der Waals surface area contributed by atoms with Crippen molar-refractivity contribution < 1.29 is 27.8 Å². The maximum absolute atomic E-state index is 12.7. The largest absolute Gasteiger partial charge is 0.416 e. The molecule has 0 spiro atoms. The van der Waals surface area contributed by atoms with Crippen molar-refractivity contribution in [3.63, 3.8) is 0 Å². The van der Waals surface area contributed by atoms with Crippen LogP contribution in [0.15, 0.2) is 18.2 Å². The van der Waals surface area contributed by atoms with Crippen molar-refractivity contribution >= 4 is 11.6 Å². The number of nitrogens with two attached hydrogens (primary N) is 1. The van der Waals surface area contributed by atoms with E-state index in [0.717, 1.165) is 18.2 Å². The first-order valence-electron chi connectivity index (χ1n) is 6.17. The Morgan fingerprint density at radius 2 is 2.05 bits per heavy atom. The van der Waals surface area contributed by atoms with E-state index >= 15 is 0 Å². The number of amides is 1. The molecule has 0 aromatic heterocycles. The van der Waals surface area contributed by atoms with Gasteiger partial charge in [-0.2, -0.15) is 13.2 Å². The molecule has 0 saturated carbocycles. The van der Waals surface area contributed by atoms with Crippen LogP contribution in [-0.4, -0.2) is 49.3 Å². The van der Waals surface area contributed by atoms with Gasteiger partial charge in [-0.1, -0.05) is 0 Å². The van der Waals surface area contributed by atoms with Crippen molar-refractivity contribution in [2.24, 2.45) is 0 Å². The molecule has 0 aliphatic rings. The summed E-state index contributed by atoms with van der Waals surface area (Å²) in [7, 11) is 1.43.